The fourth-order valence-electron chi connectivity index (χ4n) is 2.50. The van der Waals surface area contributed by atoms with Crippen LogP contribution in [0.15, 0.2) is 0 Å². The molecule has 1 rings (SSSR count). The summed E-state index contributed by atoms with van der Waals surface area (Å²) in [4.78, 5) is 14.0. The van der Waals surface area contributed by atoms with E-state index in [1.165, 1.54) is 0 Å². The Labute approximate surface area is 111 Å². The molecule has 0 aromatic carbocycles. The highest BCUT2D eigenvalue weighted by atomic mass is 16.5. The van der Waals surface area contributed by atoms with E-state index in [4.69, 9.17) is 4.74 Å². The number of likely N-dealkylation sites (tertiary alicyclic amines) is 1. The minimum Gasteiger partial charge on any atom is -0.381 e. The Hall–Kier alpha value is -0.610. The summed E-state index contributed by atoms with van der Waals surface area (Å²) in [6.45, 7) is 10.5. The zero-order valence-corrected chi connectivity index (χ0v) is 12.1. The molecule has 0 radical (unpaired) electrons. The topological polar surface area (TPSA) is 41.6 Å². The van der Waals surface area contributed by atoms with Gasteiger partial charge >= 0.3 is 0 Å². The summed E-state index contributed by atoms with van der Waals surface area (Å²) in [6, 6.07) is 0.565. The van der Waals surface area contributed by atoms with Crippen LogP contribution in [0, 0.1) is 5.92 Å². The van der Waals surface area contributed by atoms with E-state index in [-0.39, 0.29) is 5.91 Å². The molecule has 4 nitrogen and oxygen atoms in total. The molecule has 0 aromatic rings. The van der Waals surface area contributed by atoms with Crippen LogP contribution in [-0.2, 0) is 9.53 Å². The van der Waals surface area contributed by atoms with Gasteiger partial charge < -0.3 is 15.0 Å². The quantitative estimate of drug-likeness (QED) is 0.704. The van der Waals surface area contributed by atoms with Gasteiger partial charge in [-0.15, -0.1) is 0 Å². The number of nitrogens with one attached hydrogen (secondary N) is 1. The zero-order valence-electron chi connectivity index (χ0n) is 12.1. The molecule has 0 bridgehead atoms. The lowest BCUT2D eigenvalue weighted by atomic mass is 9.93. The van der Waals surface area contributed by atoms with Crippen molar-refractivity contribution in [2.45, 2.75) is 46.1 Å². The van der Waals surface area contributed by atoms with Crippen LogP contribution in [0.4, 0.5) is 0 Å². The third-order valence-corrected chi connectivity index (χ3v) is 3.53. The van der Waals surface area contributed by atoms with Crippen molar-refractivity contribution in [2.24, 2.45) is 5.92 Å². The summed E-state index contributed by atoms with van der Waals surface area (Å²) >= 11 is 0. The molecule has 0 saturated carbocycles. The number of hydrogen-bond donors (Lipinski definition) is 1. The van der Waals surface area contributed by atoms with Crippen molar-refractivity contribution in [3.05, 3.63) is 0 Å². The maximum Gasteiger partial charge on any atom is 0.224 e. The van der Waals surface area contributed by atoms with Gasteiger partial charge in [0.15, 0.2) is 0 Å². The summed E-state index contributed by atoms with van der Waals surface area (Å²) in [7, 11) is 0. The third kappa shape index (κ3) is 4.94. The first-order chi connectivity index (χ1) is 8.69. The van der Waals surface area contributed by atoms with Crippen molar-refractivity contribution in [3.63, 3.8) is 0 Å². The number of rotatable bonds is 7. The summed E-state index contributed by atoms with van der Waals surface area (Å²) in [5.74, 6) is 0.784. The van der Waals surface area contributed by atoms with E-state index >= 15 is 0 Å². The second-order valence-corrected chi connectivity index (χ2v) is 5.13. The van der Waals surface area contributed by atoms with Gasteiger partial charge in [0.05, 0.1) is 13.0 Å². The van der Waals surface area contributed by atoms with Gasteiger partial charge in [-0.05, 0) is 25.3 Å². The highest BCUT2D eigenvalue weighted by molar-refractivity contribution is 5.76. The van der Waals surface area contributed by atoms with Crippen LogP contribution in [0.5, 0.6) is 0 Å². The fourth-order valence-corrected chi connectivity index (χ4v) is 2.50. The third-order valence-electron chi connectivity index (χ3n) is 3.53. The van der Waals surface area contributed by atoms with Crippen molar-refractivity contribution in [1.82, 2.24) is 10.2 Å². The molecule has 0 aromatic heterocycles. The predicted molar refractivity (Wildman–Crippen MR) is 73.6 cm³/mol. The summed E-state index contributed by atoms with van der Waals surface area (Å²) in [6.07, 6.45) is 2.61. The lowest BCUT2D eigenvalue weighted by Crippen LogP contribution is -2.50. The second kappa shape index (κ2) is 8.48. The van der Waals surface area contributed by atoms with Gasteiger partial charge in [-0.1, -0.05) is 20.8 Å². The lowest BCUT2D eigenvalue weighted by Gasteiger charge is -2.37. The molecule has 0 aliphatic carbocycles. The first-order valence-electron chi connectivity index (χ1n) is 7.27. The molecule has 2 atom stereocenters. The molecule has 2 unspecified atom stereocenters. The minimum atomic E-state index is 0.243. The lowest BCUT2D eigenvalue weighted by molar-refractivity contribution is -0.134. The highest BCUT2D eigenvalue weighted by Crippen LogP contribution is 2.17. The molecular formula is C14H28N2O2. The van der Waals surface area contributed by atoms with E-state index in [1.54, 1.807) is 0 Å². The molecule has 18 heavy (non-hydrogen) atoms. The number of amides is 1. The normalized spacial score (nSPS) is 24.3. The fraction of sp³-hybridized carbons (Fsp3) is 0.929. The van der Waals surface area contributed by atoms with Gasteiger partial charge in [0.2, 0.25) is 5.91 Å². The molecular weight excluding hydrogens is 228 g/mol. The van der Waals surface area contributed by atoms with Crippen molar-refractivity contribution in [3.8, 4) is 0 Å². The molecule has 4 heteroatoms. The summed E-state index contributed by atoms with van der Waals surface area (Å²) < 4.78 is 5.37. The Kier molecular flexibility index (Phi) is 7.28. The smallest absolute Gasteiger partial charge is 0.224 e. The molecule has 1 saturated heterocycles. The zero-order chi connectivity index (χ0) is 13.4. The van der Waals surface area contributed by atoms with Gasteiger partial charge in [0.25, 0.3) is 0 Å². The first-order valence-corrected chi connectivity index (χ1v) is 7.27. The molecule has 1 aliphatic rings. The van der Waals surface area contributed by atoms with Crippen LogP contribution in [-0.4, -0.2) is 49.7 Å². The second-order valence-electron chi connectivity index (χ2n) is 5.13. The molecule has 1 heterocycles. The van der Waals surface area contributed by atoms with E-state index in [2.05, 4.69) is 26.1 Å². The van der Waals surface area contributed by atoms with E-state index in [1.807, 2.05) is 4.90 Å². The van der Waals surface area contributed by atoms with Crippen LogP contribution in [0.3, 0.4) is 0 Å². The summed E-state index contributed by atoms with van der Waals surface area (Å²) in [5, 5.41) is 3.49. The van der Waals surface area contributed by atoms with Gasteiger partial charge in [0, 0.05) is 25.7 Å². The average molecular weight is 256 g/mol. The number of piperidine rings is 1. The van der Waals surface area contributed by atoms with Gasteiger partial charge in [0.1, 0.15) is 0 Å². The number of hydrogen-bond acceptors (Lipinski definition) is 3. The standard InChI is InChI=1S/C14H28N2O2/c1-4-9-18-10-7-14(17)16-8-6-13(15-5-2)12(3)11-16/h12-13,15H,4-11H2,1-3H3. The van der Waals surface area contributed by atoms with Crippen LogP contribution < -0.4 is 5.32 Å². The molecule has 0 spiro atoms. The van der Waals surface area contributed by atoms with Crippen LogP contribution in [0.1, 0.15) is 40.0 Å². The Morgan fingerprint density at radius 3 is 2.78 bits per heavy atom. The maximum atomic E-state index is 12.0. The SMILES string of the molecule is CCCOCCC(=O)N1CCC(NCC)C(C)C1. The Balaban J connectivity index is 2.25. The van der Waals surface area contributed by atoms with Crippen molar-refractivity contribution in [2.75, 3.05) is 32.8 Å². The maximum absolute atomic E-state index is 12.0. The van der Waals surface area contributed by atoms with Crippen LogP contribution in [0.25, 0.3) is 0 Å². The predicted octanol–water partition coefficient (Wildman–Crippen LogP) is 1.65. The monoisotopic (exact) mass is 256 g/mol. The molecule has 1 amide bonds. The first kappa shape index (κ1) is 15.4. The van der Waals surface area contributed by atoms with Gasteiger partial charge in [-0.25, -0.2) is 0 Å². The molecule has 1 N–H and O–H groups in total. The van der Waals surface area contributed by atoms with Gasteiger partial charge in [-0.2, -0.15) is 0 Å². The Morgan fingerprint density at radius 2 is 2.17 bits per heavy atom. The molecule has 1 aliphatic heterocycles. The largest absolute Gasteiger partial charge is 0.381 e. The Bertz CT molecular complexity index is 246. The Morgan fingerprint density at radius 1 is 1.39 bits per heavy atom. The number of nitrogens with zero attached hydrogens (tertiary/aromatic N) is 1. The number of ether oxygens (including phenoxy) is 1. The number of carbonyl (C=O) groups is 1. The van der Waals surface area contributed by atoms with Crippen molar-refractivity contribution >= 4 is 5.91 Å². The van der Waals surface area contributed by atoms with Crippen LogP contribution in [0.2, 0.25) is 0 Å². The van der Waals surface area contributed by atoms with E-state index < -0.39 is 0 Å². The van der Waals surface area contributed by atoms with Crippen molar-refractivity contribution in [1.29, 1.82) is 0 Å². The minimum absolute atomic E-state index is 0.243. The van der Waals surface area contributed by atoms with E-state index in [0.29, 0.717) is 25.0 Å². The number of carbonyl (C=O) groups excluding carboxylic acids is 1. The summed E-state index contributed by atoms with van der Waals surface area (Å²) in [5.41, 5.74) is 0. The molecule has 106 valence electrons. The average Bonchev–Trinajstić information content (AvgIpc) is 2.37. The van der Waals surface area contributed by atoms with E-state index in [0.717, 1.165) is 39.1 Å². The van der Waals surface area contributed by atoms with E-state index in [9.17, 15) is 4.79 Å². The van der Waals surface area contributed by atoms with Crippen LogP contribution >= 0.6 is 0 Å². The van der Waals surface area contributed by atoms with Crippen molar-refractivity contribution < 1.29 is 9.53 Å². The van der Waals surface area contributed by atoms with Gasteiger partial charge in [-0.3, -0.25) is 4.79 Å². The molecule has 1 fully saturated rings. The highest BCUT2D eigenvalue weighted by Gasteiger charge is 2.27.